The molecule has 7 N–H and O–H groups in total. The van der Waals surface area contributed by atoms with E-state index in [-0.39, 0.29) is 12.2 Å². The number of carboxylic acids is 1. The van der Waals surface area contributed by atoms with Crippen LogP contribution in [-0.4, -0.2) is 93.9 Å². The Morgan fingerprint density at radius 1 is 0.933 bits per heavy atom. The second-order valence-electron chi connectivity index (χ2n) is 6.54. The van der Waals surface area contributed by atoms with E-state index in [1.54, 1.807) is 0 Å². The lowest BCUT2D eigenvalue weighted by molar-refractivity contribution is -0.141. The lowest BCUT2D eigenvalue weighted by Gasteiger charge is -2.26. The van der Waals surface area contributed by atoms with Gasteiger partial charge in [-0.15, -0.1) is 0 Å². The fraction of sp³-hybridized carbons (Fsp3) is 0.765. The van der Waals surface area contributed by atoms with E-state index in [0.29, 0.717) is 17.9 Å². The molecule has 0 aromatic carbocycles. The number of amides is 3. The number of hydrogen-bond acceptors (Lipinski definition) is 9. The van der Waals surface area contributed by atoms with E-state index in [1.165, 1.54) is 30.4 Å². The number of rotatable bonds is 15. The lowest BCUT2D eigenvalue weighted by Crippen LogP contribution is -2.60. The Morgan fingerprint density at radius 3 is 1.93 bits per heavy atom. The Hall–Kier alpha value is -1.15. The van der Waals surface area contributed by atoms with E-state index in [9.17, 15) is 24.3 Å². The quantitative estimate of drug-likeness (QED) is 0.139. The molecule has 5 unspecified atom stereocenters. The van der Waals surface area contributed by atoms with Crippen LogP contribution in [0.5, 0.6) is 0 Å². The average Bonchev–Trinajstić information content (AvgIpc) is 2.69. The summed E-state index contributed by atoms with van der Waals surface area (Å²) in [6.07, 6.45) is 3.08. The maximum atomic E-state index is 12.7. The number of nitrogens with two attached hydrogens (primary N) is 1. The summed E-state index contributed by atoms with van der Waals surface area (Å²) in [6.45, 7) is 1.33. The number of carbonyl (C=O) groups excluding carboxylic acids is 3. The Kier molecular flexibility index (Phi) is 15.0. The molecule has 0 aromatic heterocycles. The number of hydrogen-bond donors (Lipinski definition) is 7. The number of aliphatic hydroxyl groups is 1. The van der Waals surface area contributed by atoms with Crippen molar-refractivity contribution in [1.29, 1.82) is 0 Å². The van der Waals surface area contributed by atoms with Gasteiger partial charge in [-0.05, 0) is 43.8 Å². The highest BCUT2D eigenvalue weighted by Crippen LogP contribution is 2.05. The van der Waals surface area contributed by atoms with Gasteiger partial charge >= 0.3 is 5.97 Å². The van der Waals surface area contributed by atoms with Gasteiger partial charge in [-0.3, -0.25) is 14.4 Å². The summed E-state index contributed by atoms with van der Waals surface area (Å²) >= 11 is 6.86. The summed E-state index contributed by atoms with van der Waals surface area (Å²) < 4.78 is 0. The molecule has 10 nitrogen and oxygen atoms in total. The molecule has 0 bridgehead atoms. The van der Waals surface area contributed by atoms with Crippen LogP contribution >= 0.6 is 36.2 Å². The molecule has 174 valence electrons. The molecule has 0 aliphatic heterocycles. The smallest absolute Gasteiger partial charge is 0.327 e. The topological polar surface area (TPSA) is 171 Å². The van der Waals surface area contributed by atoms with E-state index in [0.717, 1.165) is 0 Å². The Bertz CT molecular complexity index is 582. The summed E-state index contributed by atoms with van der Waals surface area (Å²) in [5, 5.41) is 26.3. The van der Waals surface area contributed by atoms with Crippen LogP contribution in [0.15, 0.2) is 0 Å². The first-order chi connectivity index (χ1) is 14.1. The highest BCUT2D eigenvalue weighted by molar-refractivity contribution is 7.98. The van der Waals surface area contributed by atoms with Gasteiger partial charge in [-0.1, -0.05) is 0 Å². The van der Waals surface area contributed by atoms with Gasteiger partial charge in [-0.2, -0.15) is 36.2 Å². The molecular formula is C17H32N4O6S3. The Morgan fingerprint density at radius 2 is 1.47 bits per heavy atom. The van der Waals surface area contributed by atoms with Crippen molar-refractivity contribution in [2.45, 2.75) is 50.0 Å². The molecule has 0 fully saturated rings. The van der Waals surface area contributed by atoms with E-state index in [4.69, 9.17) is 10.8 Å². The van der Waals surface area contributed by atoms with Crippen molar-refractivity contribution in [3.05, 3.63) is 0 Å². The van der Waals surface area contributed by atoms with Crippen molar-refractivity contribution in [2.75, 3.05) is 29.8 Å². The normalized spacial score (nSPS) is 15.9. The second-order valence-corrected chi connectivity index (χ2v) is 8.88. The van der Waals surface area contributed by atoms with Crippen LogP contribution in [0.3, 0.4) is 0 Å². The molecule has 30 heavy (non-hydrogen) atoms. The lowest BCUT2D eigenvalue weighted by atomic mass is 10.1. The number of carboxylic acid groups (broad SMARTS) is 1. The van der Waals surface area contributed by atoms with Gasteiger partial charge in [0.15, 0.2) is 0 Å². The van der Waals surface area contributed by atoms with Gasteiger partial charge in [0.05, 0.1) is 12.1 Å². The fourth-order valence-electron chi connectivity index (χ4n) is 2.27. The number of carbonyl (C=O) groups is 4. The van der Waals surface area contributed by atoms with Crippen molar-refractivity contribution in [3.63, 3.8) is 0 Å². The third-order valence-corrected chi connectivity index (χ3v) is 5.73. The third-order valence-electron chi connectivity index (χ3n) is 4.07. The summed E-state index contributed by atoms with van der Waals surface area (Å²) in [7, 11) is 0. The molecule has 0 radical (unpaired) electrons. The summed E-state index contributed by atoms with van der Waals surface area (Å²) in [5.74, 6) is -2.24. The SMILES string of the molecule is CSCCC(N)C(=O)NC(C(=O)NC(CCSC)C(=O)NC(CS)C(=O)O)C(C)O. The number of aliphatic carboxylic acids is 1. The fourth-order valence-corrected chi connectivity index (χ4v) is 3.47. The van der Waals surface area contributed by atoms with Crippen LogP contribution in [0.4, 0.5) is 0 Å². The first kappa shape index (κ1) is 28.9. The monoisotopic (exact) mass is 484 g/mol. The van der Waals surface area contributed by atoms with E-state index in [1.807, 2.05) is 12.5 Å². The van der Waals surface area contributed by atoms with Crippen LogP contribution in [0.2, 0.25) is 0 Å². The molecule has 0 saturated carbocycles. The van der Waals surface area contributed by atoms with Crippen LogP contribution in [0.25, 0.3) is 0 Å². The van der Waals surface area contributed by atoms with Crippen LogP contribution in [0, 0.1) is 0 Å². The highest BCUT2D eigenvalue weighted by Gasteiger charge is 2.32. The van der Waals surface area contributed by atoms with Crippen LogP contribution in [-0.2, 0) is 19.2 Å². The van der Waals surface area contributed by atoms with Crippen LogP contribution in [0.1, 0.15) is 19.8 Å². The van der Waals surface area contributed by atoms with Crippen LogP contribution < -0.4 is 21.7 Å². The summed E-state index contributed by atoms with van der Waals surface area (Å²) in [5.41, 5.74) is 5.80. The highest BCUT2D eigenvalue weighted by atomic mass is 32.2. The maximum absolute atomic E-state index is 12.7. The number of nitrogens with one attached hydrogen (secondary N) is 3. The predicted molar refractivity (Wildman–Crippen MR) is 123 cm³/mol. The molecular weight excluding hydrogens is 452 g/mol. The minimum atomic E-state index is -1.32. The molecule has 0 saturated heterocycles. The van der Waals surface area contributed by atoms with Gasteiger partial charge in [0.25, 0.3) is 0 Å². The number of aliphatic hydroxyl groups excluding tert-OH is 1. The Balaban J connectivity index is 5.23. The van der Waals surface area contributed by atoms with Gasteiger partial charge < -0.3 is 31.9 Å². The molecule has 5 atom stereocenters. The summed E-state index contributed by atoms with van der Waals surface area (Å²) in [4.78, 5) is 48.5. The minimum Gasteiger partial charge on any atom is -0.480 e. The molecule has 0 aliphatic rings. The van der Waals surface area contributed by atoms with E-state index < -0.39 is 54.0 Å². The zero-order valence-corrected chi connectivity index (χ0v) is 19.8. The van der Waals surface area contributed by atoms with Crippen molar-refractivity contribution in [1.82, 2.24) is 16.0 Å². The largest absolute Gasteiger partial charge is 0.480 e. The first-order valence-electron chi connectivity index (χ1n) is 9.25. The Labute approximate surface area is 190 Å². The number of thioether (sulfide) groups is 2. The molecule has 0 aliphatic carbocycles. The second kappa shape index (κ2) is 15.6. The molecule has 0 heterocycles. The molecule has 0 rings (SSSR count). The van der Waals surface area contributed by atoms with Crippen molar-refractivity contribution >= 4 is 59.8 Å². The zero-order chi connectivity index (χ0) is 23.3. The van der Waals surface area contributed by atoms with Crippen molar-refractivity contribution in [2.24, 2.45) is 5.73 Å². The molecule has 0 aromatic rings. The third kappa shape index (κ3) is 10.8. The standard InChI is InChI=1S/C17H32N4O6S3/c1-9(22)13(21-14(23)10(18)4-6-29-2)16(25)19-11(5-7-30-3)15(24)20-12(8-28)17(26)27/h9-13,22,28H,4-8,18H2,1-3H3,(H,19,25)(H,20,24)(H,21,23)(H,26,27). The first-order valence-corrected chi connectivity index (χ1v) is 12.7. The average molecular weight is 485 g/mol. The number of thiol groups is 1. The van der Waals surface area contributed by atoms with Gasteiger partial charge in [0, 0.05) is 5.75 Å². The minimum absolute atomic E-state index is 0.120. The zero-order valence-electron chi connectivity index (χ0n) is 17.3. The van der Waals surface area contributed by atoms with Gasteiger partial charge in [0.1, 0.15) is 18.1 Å². The molecule has 0 spiro atoms. The van der Waals surface area contributed by atoms with Crippen molar-refractivity contribution in [3.8, 4) is 0 Å². The van der Waals surface area contributed by atoms with Gasteiger partial charge in [0.2, 0.25) is 17.7 Å². The molecule has 13 heteroatoms. The predicted octanol–water partition coefficient (Wildman–Crippen LogP) is -1.33. The van der Waals surface area contributed by atoms with Crippen molar-refractivity contribution < 1.29 is 29.4 Å². The van der Waals surface area contributed by atoms with Gasteiger partial charge in [-0.25, -0.2) is 4.79 Å². The maximum Gasteiger partial charge on any atom is 0.327 e. The van der Waals surface area contributed by atoms with E-state index >= 15 is 0 Å². The molecule has 3 amide bonds. The van der Waals surface area contributed by atoms with E-state index in [2.05, 4.69) is 28.6 Å². The summed E-state index contributed by atoms with van der Waals surface area (Å²) in [6, 6.07) is -4.41.